The second-order valence-electron chi connectivity index (χ2n) is 3.80. The number of hydrogen-bond donors (Lipinski definition) is 0. The molecule has 1 heteroatoms. The van der Waals surface area contributed by atoms with Gasteiger partial charge in [-0.1, -0.05) is 7.43 Å². The smallest absolute Gasteiger partial charge is 0.00388 e. The van der Waals surface area contributed by atoms with E-state index < -0.39 is 0 Å². The second kappa shape index (κ2) is 2.54. The summed E-state index contributed by atoms with van der Waals surface area (Å²) in [6.45, 7) is 7.38. The molecule has 2 fully saturated rings. The molecule has 0 radical (unpaired) electrons. The van der Waals surface area contributed by atoms with Crippen molar-refractivity contribution >= 4 is 0 Å². The molecule has 10 heavy (non-hydrogen) atoms. The lowest BCUT2D eigenvalue weighted by molar-refractivity contribution is 0.248. The lowest BCUT2D eigenvalue weighted by Crippen LogP contribution is -2.29. The highest BCUT2D eigenvalue weighted by atomic mass is 15.2. The van der Waals surface area contributed by atoms with Gasteiger partial charge in [-0.25, -0.2) is 0 Å². The highest BCUT2D eigenvalue weighted by Crippen LogP contribution is 2.45. The Balaban J connectivity index is 0.000000500. The molecule has 2 atom stereocenters. The first-order chi connectivity index (χ1) is 4.27. The largest absolute Gasteiger partial charge is 0.300 e. The maximum atomic E-state index is 2.60. The van der Waals surface area contributed by atoms with Crippen LogP contribution in [0.25, 0.3) is 0 Å². The van der Waals surface area contributed by atoms with E-state index in [2.05, 4.69) is 18.7 Å². The van der Waals surface area contributed by atoms with Crippen molar-refractivity contribution in [2.75, 3.05) is 13.1 Å². The third kappa shape index (κ3) is 1.20. The zero-order valence-corrected chi connectivity index (χ0v) is 6.30. The summed E-state index contributed by atoms with van der Waals surface area (Å²) >= 11 is 0. The van der Waals surface area contributed by atoms with Crippen LogP contribution in [0.5, 0.6) is 0 Å². The molecule has 1 nitrogen and oxygen atoms in total. The highest BCUT2D eigenvalue weighted by molar-refractivity contribution is 4.97. The number of piperidine rings is 1. The third-order valence-electron chi connectivity index (χ3n) is 2.74. The Morgan fingerprint density at radius 1 is 1.20 bits per heavy atom. The van der Waals surface area contributed by atoms with Crippen molar-refractivity contribution in [3.8, 4) is 0 Å². The van der Waals surface area contributed by atoms with Crippen LogP contribution >= 0.6 is 0 Å². The molecule has 0 amide bonds. The van der Waals surface area contributed by atoms with E-state index in [1.165, 1.54) is 19.5 Å². The van der Waals surface area contributed by atoms with Gasteiger partial charge in [0.2, 0.25) is 0 Å². The maximum absolute atomic E-state index is 2.60. The van der Waals surface area contributed by atoms with Crippen LogP contribution in [-0.4, -0.2) is 24.0 Å². The number of rotatable bonds is 1. The van der Waals surface area contributed by atoms with Crippen LogP contribution in [0.4, 0.5) is 0 Å². The zero-order chi connectivity index (χ0) is 6.43. The maximum Gasteiger partial charge on any atom is 0.00388 e. The molecule has 60 valence electrons. The van der Waals surface area contributed by atoms with E-state index in [-0.39, 0.29) is 7.43 Å². The topological polar surface area (TPSA) is 3.24 Å². The molecule has 1 saturated heterocycles. The summed E-state index contributed by atoms with van der Waals surface area (Å²) in [7, 11) is 0. The Bertz CT molecular complexity index is 110. The van der Waals surface area contributed by atoms with Gasteiger partial charge in [-0.2, -0.15) is 0 Å². The van der Waals surface area contributed by atoms with Gasteiger partial charge in [0.05, 0.1) is 0 Å². The van der Waals surface area contributed by atoms with E-state index in [4.69, 9.17) is 0 Å². The normalized spacial score (nSPS) is 37.5. The summed E-state index contributed by atoms with van der Waals surface area (Å²) in [5, 5.41) is 0. The number of hydrogen-bond acceptors (Lipinski definition) is 1. The van der Waals surface area contributed by atoms with E-state index >= 15 is 0 Å². The van der Waals surface area contributed by atoms with Crippen molar-refractivity contribution in [1.82, 2.24) is 4.90 Å². The first-order valence-corrected chi connectivity index (χ1v) is 4.01. The predicted molar refractivity (Wildman–Crippen MR) is 45.0 cm³/mol. The Morgan fingerprint density at radius 2 is 1.70 bits per heavy atom. The van der Waals surface area contributed by atoms with Crippen LogP contribution in [0.2, 0.25) is 0 Å². The molecule has 0 bridgehead atoms. The Hall–Kier alpha value is -0.0400. The first-order valence-electron chi connectivity index (χ1n) is 4.01. The third-order valence-corrected chi connectivity index (χ3v) is 2.74. The summed E-state index contributed by atoms with van der Waals surface area (Å²) < 4.78 is 0. The molecule has 0 aromatic rings. The molecule has 2 rings (SSSR count). The van der Waals surface area contributed by atoms with Gasteiger partial charge >= 0.3 is 0 Å². The molecule has 0 spiro atoms. The van der Waals surface area contributed by atoms with Gasteiger partial charge in [-0.15, -0.1) is 0 Å². The standard InChI is InChI=1S/C8H15N.CH4/c1-6(2)9-4-7-3-8(7)5-9;/h6-8H,3-5H2,1-2H3;1H4. The van der Waals surface area contributed by atoms with Crippen molar-refractivity contribution in [1.29, 1.82) is 0 Å². The van der Waals surface area contributed by atoms with E-state index in [1.807, 2.05) is 0 Å². The van der Waals surface area contributed by atoms with Crippen molar-refractivity contribution in [2.45, 2.75) is 33.7 Å². The van der Waals surface area contributed by atoms with E-state index in [0.29, 0.717) is 0 Å². The van der Waals surface area contributed by atoms with Gasteiger partial charge in [-0.3, -0.25) is 0 Å². The molecule has 1 saturated carbocycles. The molecule has 1 aliphatic heterocycles. The molecular weight excluding hydrogens is 122 g/mol. The summed E-state index contributed by atoms with van der Waals surface area (Å²) in [6.07, 6.45) is 1.53. The molecule has 1 heterocycles. The molecular formula is C9H19N. The lowest BCUT2D eigenvalue weighted by Gasteiger charge is -2.21. The number of likely N-dealkylation sites (tertiary alicyclic amines) is 1. The van der Waals surface area contributed by atoms with Crippen molar-refractivity contribution in [3.05, 3.63) is 0 Å². The summed E-state index contributed by atoms with van der Waals surface area (Å²) in [4.78, 5) is 2.60. The average Bonchev–Trinajstić information content (AvgIpc) is 2.40. The Kier molecular flexibility index (Phi) is 2.04. The minimum atomic E-state index is 0. The monoisotopic (exact) mass is 141 g/mol. The summed E-state index contributed by atoms with van der Waals surface area (Å²) in [5.74, 6) is 2.21. The van der Waals surface area contributed by atoms with Crippen LogP contribution in [0, 0.1) is 11.8 Å². The van der Waals surface area contributed by atoms with Crippen molar-refractivity contribution in [2.24, 2.45) is 11.8 Å². The van der Waals surface area contributed by atoms with E-state index in [9.17, 15) is 0 Å². The Morgan fingerprint density at radius 3 is 2.00 bits per heavy atom. The van der Waals surface area contributed by atoms with Gasteiger partial charge in [0, 0.05) is 19.1 Å². The second-order valence-corrected chi connectivity index (χ2v) is 3.80. The van der Waals surface area contributed by atoms with Crippen molar-refractivity contribution in [3.63, 3.8) is 0 Å². The Labute approximate surface area is 64.4 Å². The van der Waals surface area contributed by atoms with Crippen LogP contribution in [0.15, 0.2) is 0 Å². The summed E-state index contributed by atoms with van der Waals surface area (Å²) in [5.41, 5.74) is 0. The fourth-order valence-corrected chi connectivity index (χ4v) is 1.86. The molecule has 2 aliphatic rings. The minimum Gasteiger partial charge on any atom is -0.300 e. The van der Waals surface area contributed by atoms with Crippen LogP contribution in [0.1, 0.15) is 27.7 Å². The fourth-order valence-electron chi connectivity index (χ4n) is 1.86. The van der Waals surface area contributed by atoms with Crippen LogP contribution < -0.4 is 0 Å². The molecule has 1 aliphatic carbocycles. The molecule has 2 unspecified atom stereocenters. The number of fused-ring (bicyclic) bond motifs is 1. The molecule has 0 aromatic heterocycles. The fraction of sp³-hybridized carbons (Fsp3) is 1.00. The summed E-state index contributed by atoms with van der Waals surface area (Å²) in [6, 6.07) is 0.790. The van der Waals surface area contributed by atoms with E-state index in [0.717, 1.165) is 17.9 Å². The van der Waals surface area contributed by atoms with Crippen LogP contribution in [0.3, 0.4) is 0 Å². The van der Waals surface area contributed by atoms with Gasteiger partial charge in [0.25, 0.3) is 0 Å². The zero-order valence-electron chi connectivity index (χ0n) is 6.30. The van der Waals surface area contributed by atoms with E-state index in [1.54, 1.807) is 0 Å². The minimum absolute atomic E-state index is 0. The molecule has 0 N–H and O–H groups in total. The van der Waals surface area contributed by atoms with Gasteiger partial charge in [0.1, 0.15) is 0 Å². The SMILES string of the molecule is C.CC(C)N1CC2CC2C1. The van der Waals surface area contributed by atoms with Gasteiger partial charge < -0.3 is 4.90 Å². The quantitative estimate of drug-likeness (QED) is 0.539. The predicted octanol–water partition coefficient (Wildman–Crippen LogP) is 1.98. The molecule has 0 aromatic carbocycles. The average molecular weight is 141 g/mol. The number of nitrogens with zero attached hydrogens (tertiary/aromatic N) is 1. The van der Waals surface area contributed by atoms with Crippen molar-refractivity contribution < 1.29 is 0 Å². The first kappa shape index (κ1) is 8.06. The highest BCUT2D eigenvalue weighted by Gasteiger charge is 2.45. The lowest BCUT2D eigenvalue weighted by atomic mass is 10.3. The van der Waals surface area contributed by atoms with Crippen LogP contribution in [-0.2, 0) is 0 Å². The van der Waals surface area contributed by atoms with Gasteiger partial charge in [0.15, 0.2) is 0 Å². The van der Waals surface area contributed by atoms with Gasteiger partial charge in [-0.05, 0) is 32.1 Å².